The fourth-order valence-corrected chi connectivity index (χ4v) is 3.60. The maximum absolute atomic E-state index is 6.26. The Bertz CT molecular complexity index is 640. The molecule has 3 atom stereocenters. The lowest BCUT2D eigenvalue weighted by atomic mass is 9.99. The molecule has 2 aromatic rings. The van der Waals surface area contributed by atoms with E-state index in [1.54, 1.807) is 18.6 Å². The van der Waals surface area contributed by atoms with Crippen molar-refractivity contribution in [3.8, 4) is 0 Å². The number of hydrogen-bond donors (Lipinski definition) is 0. The van der Waals surface area contributed by atoms with Crippen LogP contribution in [0.25, 0.3) is 0 Å². The molecule has 0 aromatic carbocycles. The predicted molar refractivity (Wildman–Crippen MR) is 89.6 cm³/mol. The topological polar surface area (TPSA) is 60.4 Å². The van der Waals surface area contributed by atoms with Crippen LogP contribution < -0.4 is 4.90 Å². The summed E-state index contributed by atoms with van der Waals surface area (Å²) in [6.07, 6.45) is 10.8. The molecule has 0 amide bonds. The zero-order valence-electron chi connectivity index (χ0n) is 13.6. The molecular weight excluding hydrogens is 304 g/mol. The molecule has 6 nitrogen and oxygen atoms in total. The summed E-state index contributed by atoms with van der Waals surface area (Å²) in [7, 11) is 0. The molecule has 0 aliphatic carbocycles. The molecule has 0 saturated carbocycles. The minimum Gasteiger partial charge on any atom is -0.374 e. The minimum absolute atomic E-state index is 0.180. The van der Waals surface area contributed by atoms with Gasteiger partial charge in [-0.3, -0.25) is 4.98 Å². The van der Waals surface area contributed by atoms with Crippen molar-refractivity contribution >= 4 is 5.95 Å². The number of fused-ring (bicyclic) bond motifs is 1. The van der Waals surface area contributed by atoms with Crippen LogP contribution in [0.2, 0.25) is 0 Å². The lowest BCUT2D eigenvalue weighted by Gasteiger charge is -2.35. The highest BCUT2D eigenvalue weighted by Crippen LogP contribution is 2.33. The van der Waals surface area contributed by atoms with E-state index in [-0.39, 0.29) is 12.2 Å². The van der Waals surface area contributed by atoms with Gasteiger partial charge in [-0.1, -0.05) is 6.07 Å². The van der Waals surface area contributed by atoms with Gasteiger partial charge in [0.15, 0.2) is 0 Å². The second-order valence-electron chi connectivity index (χ2n) is 6.35. The van der Waals surface area contributed by atoms with Gasteiger partial charge >= 0.3 is 0 Å². The third-order valence-electron chi connectivity index (χ3n) is 4.74. The summed E-state index contributed by atoms with van der Waals surface area (Å²) < 4.78 is 12.1. The maximum Gasteiger partial charge on any atom is 0.225 e. The van der Waals surface area contributed by atoms with Gasteiger partial charge in [0.1, 0.15) is 0 Å². The largest absolute Gasteiger partial charge is 0.374 e. The van der Waals surface area contributed by atoms with Crippen molar-refractivity contribution in [1.29, 1.82) is 0 Å². The first-order valence-electron chi connectivity index (χ1n) is 8.56. The minimum atomic E-state index is 0.180. The first-order chi connectivity index (χ1) is 11.9. The number of nitrogens with zero attached hydrogens (tertiary/aromatic N) is 4. The van der Waals surface area contributed by atoms with Crippen molar-refractivity contribution in [2.24, 2.45) is 0 Å². The Morgan fingerprint density at radius 2 is 2.04 bits per heavy atom. The Balaban J connectivity index is 1.28. The summed E-state index contributed by atoms with van der Waals surface area (Å²) in [5.41, 5.74) is 1.10. The van der Waals surface area contributed by atoms with Gasteiger partial charge in [-0.05, 0) is 37.0 Å². The maximum atomic E-state index is 6.26. The molecule has 4 heterocycles. The SMILES string of the molecule is c1cnc(N2CC[C@@H]3O[C@H](COCc4cccnc4)CC[C@@H]32)nc1. The van der Waals surface area contributed by atoms with Gasteiger partial charge in [0.25, 0.3) is 0 Å². The number of ether oxygens (including phenoxy) is 2. The summed E-state index contributed by atoms with van der Waals surface area (Å²) in [6.45, 7) is 2.19. The third kappa shape index (κ3) is 3.39. The van der Waals surface area contributed by atoms with Crippen LogP contribution in [0.3, 0.4) is 0 Å². The zero-order valence-corrected chi connectivity index (χ0v) is 13.6. The molecule has 126 valence electrons. The van der Waals surface area contributed by atoms with Gasteiger partial charge in [-0.2, -0.15) is 0 Å². The van der Waals surface area contributed by atoms with E-state index in [2.05, 4.69) is 19.9 Å². The molecule has 6 heteroatoms. The van der Waals surface area contributed by atoms with Crippen LogP contribution in [0.15, 0.2) is 43.0 Å². The molecule has 24 heavy (non-hydrogen) atoms. The van der Waals surface area contributed by atoms with Crippen LogP contribution in [0.5, 0.6) is 0 Å². The highest BCUT2D eigenvalue weighted by Gasteiger charge is 2.40. The first-order valence-corrected chi connectivity index (χ1v) is 8.56. The third-order valence-corrected chi connectivity index (χ3v) is 4.74. The summed E-state index contributed by atoms with van der Waals surface area (Å²) >= 11 is 0. The molecule has 2 aliphatic heterocycles. The standard InChI is InChI=1S/C18H22N4O2/c1-3-14(11-19-7-1)12-23-13-15-4-5-16-17(24-15)6-10-22(16)18-20-8-2-9-21-18/h1-3,7-9,11,15-17H,4-6,10,12-13H2/t15-,16-,17-/m0/s1. The normalized spacial score (nSPS) is 26.3. The molecule has 2 aromatic heterocycles. The van der Waals surface area contributed by atoms with E-state index in [9.17, 15) is 0 Å². The Kier molecular flexibility index (Phi) is 4.66. The van der Waals surface area contributed by atoms with Gasteiger partial charge in [0.2, 0.25) is 5.95 Å². The number of pyridine rings is 1. The van der Waals surface area contributed by atoms with Gasteiger partial charge < -0.3 is 14.4 Å². The highest BCUT2D eigenvalue weighted by atomic mass is 16.5. The Morgan fingerprint density at radius 3 is 2.88 bits per heavy atom. The van der Waals surface area contributed by atoms with E-state index in [4.69, 9.17) is 9.47 Å². The van der Waals surface area contributed by atoms with Crippen molar-refractivity contribution in [3.05, 3.63) is 48.5 Å². The molecule has 2 aliphatic rings. The van der Waals surface area contributed by atoms with Crippen LogP contribution in [0, 0.1) is 0 Å². The van der Waals surface area contributed by atoms with Crippen LogP contribution in [0.1, 0.15) is 24.8 Å². The number of anilines is 1. The molecule has 0 bridgehead atoms. The Hall–Kier alpha value is -2.05. The van der Waals surface area contributed by atoms with Crippen LogP contribution in [-0.2, 0) is 16.1 Å². The van der Waals surface area contributed by atoms with Crippen LogP contribution in [0.4, 0.5) is 5.95 Å². The van der Waals surface area contributed by atoms with Crippen molar-refractivity contribution < 1.29 is 9.47 Å². The van der Waals surface area contributed by atoms with Gasteiger partial charge in [0, 0.05) is 31.3 Å². The number of hydrogen-bond acceptors (Lipinski definition) is 6. The van der Waals surface area contributed by atoms with Gasteiger partial charge in [-0.15, -0.1) is 0 Å². The van der Waals surface area contributed by atoms with Crippen molar-refractivity contribution in [2.75, 3.05) is 18.1 Å². The second-order valence-corrected chi connectivity index (χ2v) is 6.35. The van der Waals surface area contributed by atoms with E-state index >= 15 is 0 Å². The number of rotatable bonds is 5. The first kappa shape index (κ1) is 15.5. The lowest BCUT2D eigenvalue weighted by molar-refractivity contribution is -0.0889. The predicted octanol–water partition coefficient (Wildman–Crippen LogP) is 2.21. The molecule has 0 radical (unpaired) electrons. The van der Waals surface area contributed by atoms with Crippen LogP contribution in [-0.4, -0.2) is 46.4 Å². The molecule has 0 unspecified atom stereocenters. The summed E-state index contributed by atoms with van der Waals surface area (Å²) in [6, 6.07) is 6.20. The summed E-state index contributed by atoms with van der Waals surface area (Å²) in [4.78, 5) is 15.2. The molecular formula is C18H22N4O2. The lowest BCUT2D eigenvalue weighted by Crippen LogP contribution is -2.44. The van der Waals surface area contributed by atoms with Gasteiger partial charge in [0.05, 0.1) is 31.5 Å². The smallest absolute Gasteiger partial charge is 0.225 e. The monoisotopic (exact) mass is 326 g/mol. The average molecular weight is 326 g/mol. The Morgan fingerprint density at radius 1 is 1.12 bits per heavy atom. The molecule has 2 fully saturated rings. The highest BCUT2D eigenvalue weighted by molar-refractivity contribution is 5.34. The molecule has 0 spiro atoms. The van der Waals surface area contributed by atoms with Crippen molar-refractivity contribution in [2.45, 2.75) is 44.1 Å². The quantitative estimate of drug-likeness (QED) is 0.839. The fraction of sp³-hybridized carbons (Fsp3) is 0.500. The van der Waals surface area contributed by atoms with Crippen LogP contribution >= 0.6 is 0 Å². The van der Waals surface area contributed by atoms with E-state index < -0.39 is 0 Å². The fourth-order valence-electron chi connectivity index (χ4n) is 3.60. The Labute approximate surface area is 141 Å². The molecule has 0 N–H and O–H groups in total. The summed E-state index contributed by atoms with van der Waals surface area (Å²) in [5, 5.41) is 0. The van der Waals surface area contributed by atoms with Gasteiger partial charge in [-0.25, -0.2) is 9.97 Å². The molecule has 4 rings (SSSR count). The second kappa shape index (κ2) is 7.23. The average Bonchev–Trinajstić information content (AvgIpc) is 3.07. The van der Waals surface area contributed by atoms with Crippen molar-refractivity contribution in [1.82, 2.24) is 15.0 Å². The van der Waals surface area contributed by atoms with E-state index in [0.717, 1.165) is 37.3 Å². The van der Waals surface area contributed by atoms with Crippen molar-refractivity contribution in [3.63, 3.8) is 0 Å². The number of aromatic nitrogens is 3. The zero-order chi connectivity index (χ0) is 16.2. The van der Waals surface area contributed by atoms with E-state index in [0.29, 0.717) is 19.3 Å². The molecule has 2 saturated heterocycles. The van der Waals surface area contributed by atoms with E-state index in [1.807, 2.05) is 24.4 Å². The summed E-state index contributed by atoms with van der Waals surface area (Å²) in [5.74, 6) is 0.819. The van der Waals surface area contributed by atoms with E-state index in [1.165, 1.54) is 0 Å².